The molecule has 4 rings (SSSR count). The maximum atomic E-state index is 12.4. The van der Waals surface area contributed by atoms with Gasteiger partial charge in [-0.15, -0.1) is 5.10 Å². The SMILES string of the molecule is CCO[C@@H]1COC[C@H]1n1cc(C(=O)Nc2ccc(C3CC3)cn2)nn1. The second kappa shape index (κ2) is 6.89. The van der Waals surface area contributed by atoms with E-state index in [9.17, 15) is 4.79 Å². The van der Waals surface area contributed by atoms with Gasteiger partial charge in [-0.1, -0.05) is 11.3 Å². The van der Waals surface area contributed by atoms with E-state index in [1.165, 1.54) is 18.4 Å². The fraction of sp³-hybridized carbons (Fsp3) is 0.529. The molecule has 1 aliphatic carbocycles. The van der Waals surface area contributed by atoms with E-state index in [-0.39, 0.29) is 23.7 Å². The van der Waals surface area contributed by atoms with E-state index in [1.807, 2.05) is 25.3 Å². The molecule has 1 aliphatic heterocycles. The molecule has 2 atom stereocenters. The molecule has 0 unspecified atom stereocenters. The van der Waals surface area contributed by atoms with Gasteiger partial charge in [-0.25, -0.2) is 9.67 Å². The molecular weight excluding hydrogens is 322 g/mol. The predicted molar refractivity (Wildman–Crippen MR) is 89.5 cm³/mol. The van der Waals surface area contributed by atoms with Crippen LogP contribution in [-0.2, 0) is 9.47 Å². The van der Waals surface area contributed by atoms with E-state index in [0.29, 0.717) is 31.6 Å². The molecule has 8 heteroatoms. The van der Waals surface area contributed by atoms with Gasteiger partial charge in [0.15, 0.2) is 5.69 Å². The molecule has 3 heterocycles. The molecule has 0 bridgehead atoms. The smallest absolute Gasteiger partial charge is 0.278 e. The zero-order chi connectivity index (χ0) is 17.2. The van der Waals surface area contributed by atoms with Crippen molar-refractivity contribution < 1.29 is 14.3 Å². The lowest BCUT2D eigenvalue weighted by atomic mass is 10.2. The van der Waals surface area contributed by atoms with Gasteiger partial charge in [0.2, 0.25) is 0 Å². The van der Waals surface area contributed by atoms with Crippen LogP contribution in [0.4, 0.5) is 5.82 Å². The zero-order valence-electron chi connectivity index (χ0n) is 14.1. The van der Waals surface area contributed by atoms with E-state index in [1.54, 1.807) is 10.9 Å². The van der Waals surface area contributed by atoms with Gasteiger partial charge in [0, 0.05) is 12.8 Å². The average molecular weight is 343 g/mol. The van der Waals surface area contributed by atoms with Gasteiger partial charge < -0.3 is 14.8 Å². The number of anilines is 1. The van der Waals surface area contributed by atoms with Crippen molar-refractivity contribution in [1.29, 1.82) is 0 Å². The lowest BCUT2D eigenvalue weighted by molar-refractivity contribution is 0.0340. The van der Waals surface area contributed by atoms with E-state index in [4.69, 9.17) is 9.47 Å². The highest BCUT2D eigenvalue weighted by atomic mass is 16.5. The summed E-state index contributed by atoms with van der Waals surface area (Å²) in [6.45, 7) is 3.57. The molecule has 1 saturated carbocycles. The summed E-state index contributed by atoms with van der Waals surface area (Å²) in [6.07, 6.45) is 5.83. The first-order valence-electron chi connectivity index (χ1n) is 8.63. The molecule has 2 aliphatic rings. The fourth-order valence-corrected chi connectivity index (χ4v) is 3.00. The number of carbonyl (C=O) groups excluding carboxylic acids is 1. The van der Waals surface area contributed by atoms with Crippen molar-refractivity contribution in [2.24, 2.45) is 0 Å². The summed E-state index contributed by atoms with van der Waals surface area (Å²) in [5, 5.41) is 10.8. The molecule has 2 aromatic rings. The van der Waals surface area contributed by atoms with Crippen molar-refractivity contribution in [3.63, 3.8) is 0 Å². The largest absolute Gasteiger partial charge is 0.376 e. The summed E-state index contributed by atoms with van der Waals surface area (Å²) in [7, 11) is 0. The minimum absolute atomic E-state index is 0.0649. The highest BCUT2D eigenvalue weighted by molar-refractivity contribution is 6.02. The van der Waals surface area contributed by atoms with Crippen LogP contribution in [0.25, 0.3) is 0 Å². The standard InChI is InChI=1S/C17H21N5O3/c1-2-25-15-10-24-9-14(15)22-8-13(20-21-22)17(23)19-16-6-5-12(7-18-16)11-3-4-11/h5-8,11,14-15H,2-4,9-10H2,1H3,(H,18,19,23)/t14-,15-/m1/s1. The number of carbonyl (C=O) groups is 1. The number of aromatic nitrogens is 4. The average Bonchev–Trinajstić information content (AvgIpc) is 3.17. The number of nitrogens with one attached hydrogen (secondary N) is 1. The van der Waals surface area contributed by atoms with Gasteiger partial charge in [0.05, 0.1) is 19.4 Å². The highest BCUT2D eigenvalue weighted by Gasteiger charge is 2.31. The van der Waals surface area contributed by atoms with E-state index in [0.717, 1.165) is 0 Å². The van der Waals surface area contributed by atoms with E-state index < -0.39 is 0 Å². The Balaban J connectivity index is 1.41. The Morgan fingerprint density at radius 2 is 2.28 bits per heavy atom. The third-order valence-corrected chi connectivity index (χ3v) is 4.54. The van der Waals surface area contributed by atoms with Gasteiger partial charge in [-0.05, 0) is 37.3 Å². The van der Waals surface area contributed by atoms with Crippen molar-refractivity contribution in [3.05, 3.63) is 35.8 Å². The Labute approximate surface area is 145 Å². The monoisotopic (exact) mass is 343 g/mol. The Hall–Kier alpha value is -2.32. The number of amides is 1. The predicted octanol–water partition coefficient (Wildman–Crippen LogP) is 1.78. The zero-order valence-corrected chi connectivity index (χ0v) is 14.1. The highest BCUT2D eigenvalue weighted by Crippen LogP contribution is 2.39. The summed E-state index contributed by atoms with van der Waals surface area (Å²) < 4.78 is 12.7. The number of pyridine rings is 1. The Kier molecular flexibility index (Phi) is 4.46. The minimum Gasteiger partial charge on any atom is -0.376 e. The molecule has 8 nitrogen and oxygen atoms in total. The number of nitrogens with zero attached hydrogens (tertiary/aromatic N) is 4. The lowest BCUT2D eigenvalue weighted by Crippen LogP contribution is -2.26. The third kappa shape index (κ3) is 3.54. The summed E-state index contributed by atoms with van der Waals surface area (Å²) in [5.74, 6) is 0.828. The van der Waals surface area contributed by atoms with Crippen LogP contribution < -0.4 is 5.32 Å². The minimum atomic E-state index is -0.329. The normalized spacial score (nSPS) is 22.9. The Bertz CT molecular complexity index is 741. The van der Waals surface area contributed by atoms with Crippen LogP contribution in [0.5, 0.6) is 0 Å². The van der Waals surface area contributed by atoms with Crippen molar-refractivity contribution in [2.75, 3.05) is 25.1 Å². The topological polar surface area (TPSA) is 91.2 Å². The van der Waals surface area contributed by atoms with Crippen LogP contribution in [0.1, 0.15) is 47.8 Å². The van der Waals surface area contributed by atoms with Gasteiger partial charge in [0.25, 0.3) is 5.91 Å². The van der Waals surface area contributed by atoms with Crippen molar-refractivity contribution in [1.82, 2.24) is 20.0 Å². The molecule has 1 saturated heterocycles. The van der Waals surface area contributed by atoms with Gasteiger partial charge >= 0.3 is 0 Å². The molecule has 132 valence electrons. The molecule has 1 amide bonds. The molecule has 0 spiro atoms. The molecular formula is C17H21N5O3. The molecule has 0 aromatic carbocycles. The first-order valence-corrected chi connectivity index (χ1v) is 8.63. The third-order valence-electron chi connectivity index (χ3n) is 4.54. The van der Waals surface area contributed by atoms with E-state index >= 15 is 0 Å². The summed E-state index contributed by atoms with van der Waals surface area (Å²) >= 11 is 0. The summed E-state index contributed by atoms with van der Waals surface area (Å²) in [5.41, 5.74) is 1.47. The maximum absolute atomic E-state index is 12.4. The quantitative estimate of drug-likeness (QED) is 0.860. The first-order chi connectivity index (χ1) is 12.2. The summed E-state index contributed by atoms with van der Waals surface area (Å²) in [4.78, 5) is 16.7. The van der Waals surface area contributed by atoms with Gasteiger partial charge in [-0.2, -0.15) is 0 Å². The van der Waals surface area contributed by atoms with Crippen LogP contribution in [0.2, 0.25) is 0 Å². The van der Waals surface area contributed by atoms with Crippen molar-refractivity contribution >= 4 is 11.7 Å². The van der Waals surface area contributed by atoms with E-state index in [2.05, 4.69) is 20.6 Å². The maximum Gasteiger partial charge on any atom is 0.278 e. The van der Waals surface area contributed by atoms with Crippen LogP contribution in [0.3, 0.4) is 0 Å². The molecule has 2 fully saturated rings. The fourth-order valence-electron chi connectivity index (χ4n) is 3.00. The second-order valence-corrected chi connectivity index (χ2v) is 6.39. The molecule has 0 radical (unpaired) electrons. The second-order valence-electron chi connectivity index (χ2n) is 6.39. The number of hydrogen-bond acceptors (Lipinski definition) is 6. The van der Waals surface area contributed by atoms with Gasteiger partial charge in [-0.3, -0.25) is 4.79 Å². The molecule has 1 N–H and O–H groups in total. The number of ether oxygens (including phenoxy) is 2. The Morgan fingerprint density at radius 1 is 1.40 bits per heavy atom. The van der Waals surface area contributed by atoms with Crippen molar-refractivity contribution in [2.45, 2.75) is 37.8 Å². The van der Waals surface area contributed by atoms with Crippen LogP contribution >= 0.6 is 0 Å². The van der Waals surface area contributed by atoms with Gasteiger partial charge in [0.1, 0.15) is 18.0 Å². The first kappa shape index (κ1) is 16.2. The van der Waals surface area contributed by atoms with Crippen LogP contribution in [-0.4, -0.2) is 51.8 Å². The van der Waals surface area contributed by atoms with Crippen molar-refractivity contribution in [3.8, 4) is 0 Å². The van der Waals surface area contributed by atoms with Crippen LogP contribution in [0, 0.1) is 0 Å². The number of hydrogen-bond donors (Lipinski definition) is 1. The number of rotatable bonds is 6. The molecule has 2 aromatic heterocycles. The van der Waals surface area contributed by atoms with Crippen LogP contribution in [0.15, 0.2) is 24.5 Å². The molecule has 25 heavy (non-hydrogen) atoms. The Morgan fingerprint density at radius 3 is 3.00 bits per heavy atom. The summed E-state index contributed by atoms with van der Waals surface area (Å²) in [6, 6.07) is 3.77. The lowest BCUT2D eigenvalue weighted by Gasteiger charge is -2.16.